The van der Waals surface area contributed by atoms with Gasteiger partial charge in [-0.2, -0.15) is 5.10 Å². The predicted molar refractivity (Wildman–Crippen MR) is 74.0 cm³/mol. The number of hydrogen-bond acceptors (Lipinski definition) is 5. The predicted octanol–water partition coefficient (Wildman–Crippen LogP) is 1.78. The molecule has 0 aliphatic carbocycles. The molecule has 0 fully saturated rings. The van der Waals surface area contributed by atoms with Crippen LogP contribution in [-0.2, 0) is 13.1 Å². The highest BCUT2D eigenvalue weighted by Crippen LogP contribution is 2.34. The molecular weight excluding hydrogens is 292 g/mol. The molecule has 1 N–H and O–H groups in total. The van der Waals surface area contributed by atoms with Gasteiger partial charge in [0.05, 0.1) is 30.8 Å². The number of nitrogens with zero attached hydrogens (tertiary/aromatic N) is 4. The van der Waals surface area contributed by atoms with Gasteiger partial charge in [-0.05, 0) is 6.07 Å². The lowest BCUT2D eigenvalue weighted by atomic mass is 10.2. The summed E-state index contributed by atoms with van der Waals surface area (Å²) in [5, 5.41) is 24.3. The van der Waals surface area contributed by atoms with Gasteiger partial charge in [-0.3, -0.25) is 15.0 Å². The number of benzene rings is 1. The van der Waals surface area contributed by atoms with Crippen LogP contribution in [0.15, 0.2) is 24.4 Å². The van der Waals surface area contributed by atoms with Crippen LogP contribution in [0, 0.1) is 10.1 Å². The molecule has 1 amide bonds. The van der Waals surface area contributed by atoms with Gasteiger partial charge in [-0.1, -0.05) is 6.07 Å². The molecule has 1 aromatic heterocycles. The Labute approximate surface area is 124 Å². The first-order chi connectivity index (χ1) is 10.5. The molecule has 2 heterocycles. The van der Waals surface area contributed by atoms with Crippen molar-refractivity contribution < 1.29 is 19.6 Å². The topological polar surface area (TPSA) is 111 Å². The van der Waals surface area contributed by atoms with E-state index in [1.54, 1.807) is 18.3 Å². The Morgan fingerprint density at radius 1 is 1.45 bits per heavy atom. The molecular formula is C13H12N4O5. The number of methoxy groups -OCH3 is 1. The molecule has 0 radical (unpaired) electrons. The Balaban J connectivity index is 2.01. The van der Waals surface area contributed by atoms with Crippen molar-refractivity contribution in [1.82, 2.24) is 14.7 Å². The van der Waals surface area contributed by atoms with E-state index in [0.29, 0.717) is 11.4 Å². The molecule has 3 rings (SSSR count). The highest BCUT2D eigenvalue weighted by Gasteiger charge is 2.27. The number of rotatable bonds is 3. The molecule has 0 saturated carbocycles. The number of amides is 1. The molecule has 0 unspecified atom stereocenters. The second kappa shape index (κ2) is 5.02. The van der Waals surface area contributed by atoms with Gasteiger partial charge in [0.1, 0.15) is 5.69 Å². The average Bonchev–Trinajstić information content (AvgIpc) is 3.04. The Hall–Kier alpha value is -3.10. The van der Waals surface area contributed by atoms with Gasteiger partial charge >= 0.3 is 11.8 Å². The Morgan fingerprint density at radius 2 is 2.23 bits per heavy atom. The van der Waals surface area contributed by atoms with Crippen LogP contribution in [0.2, 0.25) is 0 Å². The monoisotopic (exact) mass is 304 g/mol. The van der Waals surface area contributed by atoms with Crippen LogP contribution < -0.4 is 4.74 Å². The summed E-state index contributed by atoms with van der Waals surface area (Å²) in [6.45, 7) is 0.455. The van der Waals surface area contributed by atoms with Crippen LogP contribution >= 0.6 is 0 Å². The van der Waals surface area contributed by atoms with Crippen molar-refractivity contribution in [3.63, 3.8) is 0 Å². The summed E-state index contributed by atoms with van der Waals surface area (Å²) in [5.74, 6) is 0.115. The Bertz CT molecular complexity index is 746. The van der Waals surface area contributed by atoms with E-state index in [0.717, 1.165) is 5.56 Å². The zero-order chi connectivity index (χ0) is 15.9. The summed E-state index contributed by atoms with van der Waals surface area (Å²) in [7, 11) is 1.36. The quantitative estimate of drug-likeness (QED) is 0.683. The molecule has 1 aliphatic rings. The number of para-hydroxylation sites is 1. The number of fused-ring (bicyclic) bond motifs is 1. The molecule has 9 nitrogen and oxygen atoms in total. The summed E-state index contributed by atoms with van der Waals surface area (Å²) >= 11 is 0. The fraction of sp³-hybridized carbons (Fsp3) is 0.231. The fourth-order valence-corrected chi connectivity index (χ4v) is 2.46. The lowest BCUT2D eigenvalue weighted by Crippen LogP contribution is -2.23. The summed E-state index contributed by atoms with van der Waals surface area (Å²) < 4.78 is 6.63. The van der Waals surface area contributed by atoms with Crippen LogP contribution in [0.25, 0.3) is 5.69 Å². The standard InChI is InChI=1S/C13H12N4O5/c1-22-12-10(3-2-4-11(12)17(20)21)16-6-8-5-15(13(18)19)7-9(8)14-16/h2-4,6H,5,7H2,1H3,(H,18,19). The van der Waals surface area contributed by atoms with Crippen molar-refractivity contribution in [1.29, 1.82) is 0 Å². The van der Waals surface area contributed by atoms with Gasteiger partial charge in [0.15, 0.2) is 0 Å². The zero-order valence-electron chi connectivity index (χ0n) is 11.6. The third kappa shape index (κ3) is 2.12. The first-order valence-corrected chi connectivity index (χ1v) is 6.38. The average molecular weight is 304 g/mol. The van der Waals surface area contributed by atoms with Gasteiger partial charge in [0, 0.05) is 17.8 Å². The first-order valence-electron chi connectivity index (χ1n) is 6.38. The zero-order valence-corrected chi connectivity index (χ0v) is 11.6. The van der Waals surface area contributed by atoms with Gasteiger partial charge in [-0.25, -0.2) is 9.48 Å². The summed E-state index contributed by atoms with van der Waals surface area (Å²) in [6, 6.07) is 4.56. The number of aromatic nitrogens is 2. The number of nitro groups is 1. The summed E-state index contributed by atoms with van der Waals surface area (Å²) in [5.41, 5.74) is 1.70. The summed E-state index contributed by atoms with van der Waals surface area (Å²) in [6.07, 6.45) is 0.664. The minimum absolute atomic E-state index is 0.115. The first kappa shape index (κ1) is 13.9. The van der Waals surface area contributed by atoms with E-state index in [1.807, 2.05) is 0 Å². The highest BCUT2D eigenvalue weighted by molar-refractivity contribution is 5.66. The molecule has 2 aromatic rings. The Kier molecular flexibility index (Phi) is 3.17. The number of ether oxygens (including phenoxy) is 1. The van der Waals surface area contributed by atoms with Crippen LogP contribution in [0.4, 0.5) is 10.5 Å². The third-order valence-corrected chi connectivity index (χ3v) is 3.47. The molecule has 114 valence electrons. The van der Waals surface area contributed by atoms with E-state index < -0.39 is 11.0 Å². The largest absolute Gasteiger partial charge is 0.489 e. The molecule has 0 spiro atoms. The summed E-state index contributed by atoms with van der Waals surface area (Å²) in [4.78, 5) is 22.7. The van der Waals surface area contributed by atoms with E-state index >= 15 is 0 Å². The molecule has 9 heteroatoms. The molecule has 1 aliphatic heterocycles. The van der Waals surface area contributed by atoms with E-state index in [4.69, 9.17) is 9.84 Å². The number of carbonyl (C=O) groups is 1. The van der Waals surface area contributed by atoms with Crippen LogP contribution in [0.3, 0.4) is 0 Å². The lowest BCUT2D eigenvalue weighted by Gasteiger charge is -2.11. The van der Waals surface area contributed by atoms with Crippen LogP contribution in [0.1, 0.15) is 11.3 Å². The van der Waals surface area contributed by atoms with E-state index in [2.05, 4.69) is 5.10 Å². The third-order valence-electron chi connectivity index (χ3n) is 3.47. The second-order valence-corrected chi connectivity index (χ2v) is 4.77. The SMILES string of the molecule is COc1c(-n2cc3c(n2)CN(C(=O)O)C3)cccc1[N+](=O)[O-]. The fourth-order valence-electron chi connectivity index (χ4n) is 2.46. The second-order valence-electron chi connectivity index (χ2n) is 4.77. The van der Waals surface area contributed by atoms with E-state index in [1.165, 1.54) is 22.8 Å². The van der Waals surface area contributed by atoms with Crippen LogP contribution in [-0.4, -0.2) is 37.9 Å². The maximum absolute atomic E-state index is 11.0. The maximum Gasteiger partial charge on any atom is 0.407 e. The van der Waals surface area contributed by atoms with Crippen molar-refractivity contribution in [3.05, 3.63) is 45.8 Å². The minimum Gasteiger partial charge on any atom is -0.489 e. The molecule has 0 bridgehead atoms. The van der Waals surface area contributed by atoms with Gasteiger partial charge in [-0.15, -0.1) is 0 Å². The Morgan fingerprint density at radius 3 is 2.82 bits per heavy atom. The van der Waals surface area contributed by atoms with Crippen molar-refractivity contribution in [2.75, 3.05) is 7.11 Å². The molecule has 0 saturated heterocycles. The van der Waals surface area contributed by atoms with Crippen molar-refractivity contribution >= 4 is 11.8 Å². The van der Waals surface area contributed by atoms with Gasteiger partial charge in [0.25, 0.3) is 0 Å². The lowest BCUT2D eigenvalue weighted by molar-refractivity contribution is -0.385. The van der Waals surface area contributed by atoms with Crippen molar-refractivity contribution in [3.8, 4) is 11.4 Å². The van der Waals surface area contributed by atoms with E-state index in [9.17, 15) is 14.9 Å². The van der Waals surface area contributed by atoms with Crippen LogP contribution in [0.5, 0.6) is 5.75 Å². The highest BCUT2D eigenvalue weighted by atomic mass is 16.6. The smallest absolute Gasteiger partial charge is 0.407 e. The molecule has 1 aromatic carbocycles. The normalized spacial score (nSPS) is 13.0. The number of hydrogen-bond donors (Lipinski definition) is 1. The van der Waals surface area contributed by atoms with Gasteiger partial charge in [0.2, 0.25) is 5.75 Å². The van der Waals surface area contributed by atoms with Gasteiger partial charge < -0.3 is 9.84 Å². The minimum atomic E-state index is -1.00. The number of nitro benzene ring substituents is 1. The van der Waals surface area contributed by atoms with E-state index in [-0.39, 0.29) is 24.5 Å². The number of carboxylic acid groups (broad SMARTS) is 1. The molecule has 0 atom stereocenters. The maximum atomic E-state index is 11.0. The van der Waals surface area contributed by atoms with Crippen molar-refractivity contribution in [2.24, 2.45) is 0 Å². The van der Waals surface area contributed by atoms with Crippen molar-refractivity contribution in [2.45, 2.75) is 13.1 Å². The molecule has 22 heavy (non-hydrogen) atoms.